The SMILES string of the molecule is CC(NC(=O)N(CC12CC3CC(CC(C3)C1)C2)CC1(O)CCC2C34C=CC5(C=C3C(=O)c3ccco3)CC(O)CCC5(C)C4CCC21C)c1ccccc1. The Kier molecular flexibility index (Phi) is 7.79. The van der Waals surface area contributed by atoms with E-state index in [1.165, 1.54) is 38.5 Å². The third kappa shape index (κ3) is 4.85. The fraction of sp³-hybridized carbons (Fsp3) is 0.660. The number of rotatable bonds is 8. The Morgan fingerprint density at radius 3 is 2.20 bits per heavy atom. The highest BCUT2D eigenvalue weighted by Gasteiger charge is 2.75. The normalized spacial score (nSPS) is 45.6. The molecule has 0 radical (unpaired) electrons. The molecule has 0 aliphatic heterocycles. The quantitative estimate of drug-likeness (QED) is 0.186. The second kappa shape index (κ2) is 11.9. The predicted molar refractivity (Wildman–Crippen MR) is 207 cm³/mol. The van der Waals surface area contributed by atoms with E-state index in [0.717, 1.165) is 61.0 Å². The highest BCUT2D eigenvalue weighted by atomic mass is 16.3. The lowest BCUT2D eigenvalue weighted by atomic mass is 9.32. The number of aliphatic hydroxyl groups is 2. The largest absolute Gasteiger partial charge is 0.461 e. The molecule has 9 atom stereocenters. The van der Waals surface area contributed by atoms with E-state index in [-0.39, 0.29) is 45.9 Å². The van der Waals surface area contributed by atoms with E-state index in [9.17, 15) is 19.8 Å². The number of amides is 2. The summed E-state index contributed by atoms with van der Waals surface area (Å²) in [5, 5.41) is 27.8. The molecule has 2 aromatic rings. The lowest BCUT2D eigenvalue weighted by Crippen LogP contribution is -2.67. The van der Waals surface area contributed by atoms with Gasteiger partial charge in [0.1, 0.15) is 0 Å². The molecule has 1 aromatic carbocycles. The molecule has 12 rings (SSSR count). The van der Waals surface area contributed by atoms with E-state index in [4.69, 9.17) is 4.42 Å². The van der Waals surface area contributed by atoms with Crippen LogP contribution in [0.5, 0.6) is 0 Å². The zero-order valence-corrected chi connectivity index (χ0v) is 32.6. The van der Waals surface area contributed by atoms with Crippen LogP contribution in [0.25, 0.3) is 0 Å². The second-order valence-corrected chi connectivity index (χ2v) is 20.5. The number of Topliss-reactive ketones (excluding diaryl/α,β-unsaturated/α-hetero) is 1. The molecule has 10 aliphatic rings. The topological polar surface area (TPSA) is 103 Å². The molecule has 10 aliphatic carbocycles. The molecule has 7 nitrogen and oxygen atoms in total. The van der Waals surface area contributed by atoms with Crippen LogP contribution in [-0.4, -0.2) is 51.7 Å². The molecule has 0 saturated heterocycles. The first kappa shape index (κ1) is 35.3. The van der Waals surface area contributed by atoms with E-state index in [1.807, 2.05) is 18.2 Å². The number of fused-ring (bicyclic) bond motifs is 1. The number of aliphatic hydroxyl groups excluding tert-OH is 1. The average molecular weight is 733 g/mol. The number of ketones is 1. The molecular formula is C47H60N2O5. The summed E-state index contributed by atoms with van der Waals surface area (Å²) >= 11 is 0. The molecule has 7 fully saturated rings. The van der Waals surface area contributed by atoms with Gasteiger partial charge in [-0.05, 0) is 149 Å². The molecule has 2 spiro atoms. The molecule has 6 bridgehead atoms. The average Bonchev–Trinajstić information content (AvgIpc) is 3.77. The zero-order valence-electron chi connectivity index (χ0n) is 32.6. The van der Waals surface area contributed by atoms with Gasteiger partial charge in [0.25, 0.3) is 0 Å². The monoisotopic (exact) mass is 732 g/mol. The van der Waals surface area contributed by atoms with Crippen molar-refractivity contribution >= 4 is 11.8 Å². The Morgan fingerprint density at radius 1 is 0.852 bits per heavy atom. The van der Waals surface area contributed by atoms with Crippen molar-refractivity contribution in [3.05, 3.63) is 83.9 Å². The minimum absolute atomic E-state index is 0.0184. The summed E-state index contributed by atoms with van der Waals surface area (Å²) in [5.41, 5.74) is -0.693. The van der Waals surface area contributed by atoms with Crippen LogP contribution >= 0.6 is 0 Å². The maximum absolute atomic E-state index is 14.7. The van der Waals surface area contributed by atoms with Crippen molar-refractivity contribution in [3.63, 3.8) is 0 Å². The Morgan fingerprint density at radius 2 is 1.52 bits per heavy atom. The summed E-state index contributed by atoms with van der Waals surface area (Å²) in [6.45, 7) is 7.77. The Balaban J connectivity index is 1.02. The van der Waals surface area contributed by atoms with Gasteiger partial charge in [-0.1, -0.05) is 62.4 Å². The smallest absolute Gasteiger partial charge is 0.317 e. The van der Waals surface area contributed by atoms with Crippen molar-refractivity contribution in [1.82, 2.24) is 10.2 Å². The Bertz CT molecular complexity index is 1850. The van der Waals surface area contributed by atoms with Crippen LogP contribution in [0.4, 0.5) is 4.79 Å². The first-order valence-corrected chi connectivity index (χ1v) is 21.3. The van der Waals surface area contributed by atoms with Crippen LogP contribution in [0, 0.1) is 56.7 Å². The number of hydrogen-bond acceptors (Lipinski definition) is 5. The molecule has 7 heteroatoms. The van der Waals surface area contributed by atoms with Crippen molar-refractivity contribution in [2.45, 2.75) is 122 Å². The third-order valence-electron chi connectivity index (χ3n) is 17.8. The summed E-state index contributed by atoms with van der Waals surface area (Å²) in [6, 6.07) is 13.5. The molecule has 2 amide bonds. The van der Waals surface area contributed by atoms with Gasteiger partial charge in [0.2, 0.25) is 5.78 Å². The standard InChI is InChI=1S/C47H60N2O5/c1-30(34-8-5-4-6-9-34)48-41(52)49(28-44-23-31-20-32(24-44)22-33(21-31)25-44)29-46(53)16-13-39-43(46,3)15-12-38-42(2)14-11-35(50)26-45(42)17-18-47(38,39)36(27-45)40(51)37-10-7-19-54-37/h4-10,17-19,27,30-33,35,38-39,50,53H,11-16,20-26,28-29H2,1-3H3,(H,48,52). The van der Waals surface area contributed by atoms with Gasteiger partial charge in [0.15, 0.2) is 5.76 Å². The summed E-state index contributed by atoms with van der Waals surface area (Å²) < 4.78 is 5.78. The Hall–Kier alpha value is -3.16. The van der Waals surface area contributed by atoms with Crippen LogP contribution < -0.4 is 5.32 Å². The van der Waals surface area contributed by atoms with Crippen molar-refractivity contribution < 1.29 is 24.2 Å². The van der Waals surface area contributed by atoms with E-state index in [2.05, 4.69) is 61.3 Å². The number of nitrogens with zero attached hydrogens (tertiary/aromatic N) is 1. The number of carbonyl (C=O) groups is 2. The summed E-state index contributed by atoms with van der Waals surface area (Å²) in [4.78, 5) is 31.4. The number of furan rings is 1. The maximum Gasteiger partial charge on any atom is 0.317 e. The van der Waals surface area contributed by atoms with Crippen LogP contribution in [0.1, 0.15) is 126 Å². The summed E-state index contributed by atoms with van der Waals surface area (Å²) in [6.07, 6.45) is 21.2. The van der Waals surface area contributed by atoms with Gasteiger partial charge in [0, 0.05) is 28.4 Å². The number of carbonyl (C=O) groups excluding carboxylic acids is 2. The number of hydrogen-bond donors (Lipinski definition) is 3. The number of urea groups is 1. The minimum Gasteiger partial charge on any atom is -0.461 e. The van der Waals surface area contributed by atoms with Crippen LogP contribution in [0.3, 0.4) is 0 Å². The number of allylic oxidation sites excluding steroid dienone is 4. The van der Waals surface area contributed by atoms with Gasteiger partial charge in [-0.2, -0.15) is 0 Å². The Labute approximate surface area is 321 Å². The third-order valence-corrected chi connectivity index (χ3v) is 17.8. The maximum atomic E-state index is 14.7. The molecule has 1 heterocycles. The lowest BCUT2D eigenvalue weighted by molar-refractivity contribution is -0.176. The van der Waals surface area contributed by atoms with Gasteiger partial charge in [0.05, 0.1) is 30.6 Å². The van der Waals surface area contributed by atoms with Gasteiger partial charge >= 0.3 is 6.03 Å². The zero-order chi connectivity index (χ0) is 37.3. The van der Waals surface area contributed by atoms with Crippen molar-refractivity contribution in [3.8, 4) is 0 Å². The summed E-state index contributed by atoms with van der Waals surface area (Å²) in [7, 11) is 0. The first-order chi connectivity index (χ1) is 25.8. The highest BCUT2D eigenvalue weighted by molar-refractivity contribution is 6.08. The summed E-state index contributed by atoms with van der Waals surface area (Å²) in [5.74, 6) is 2.83. The van der Waals surface area contributed by atoms with E-state index in [1.54, 1.807) is 18.4 Å². The van der Waals surface area contributed by atoms with Gasteiger partial charge in [-0.15, -0.1) is 0 Å². The number of benzene rings is 1. The molecule has 1 aromatic heterocycles. The van der Waals surface area contributed by atoms with E-state index in [0.29, 0.717) is 31.7 Å². The van der Waals surface area contributed by atoms with E-state index >= 15 is 0 Å². The van der Waals surface area contributed by atoms with Crippen LogP contribution in [0.2, 0.25) is 0 Å². The molecular weight excluding hydrogens is 673 g/mol. The van der Waals surface area contributed by atoms with Crippen molar-refractivity contribution in [2.75, 3.05) is 13.1 Å². The fourth-order valence-electron chi connectivity index (χ4n) is 15.6. The van der Waals surface area contributed by atoms with Crippen LogP contribution in [-0.2, 0) is 0 Å². The molecule has 54 heavy (non-hydrogen) atoms. The molecule has 9 unspecified atom stereocenters. The predicted octanol–water partition coefficient (Wildman–Crippen LogP) is 9.04. The molecule has 7 saturated carbocycles. The van der Waals surface area contributed by atoms with Crippen molar-refractivity contribution in [1.29, 1.82) is 0 Å². The highest BCUT2D eigenvalue weighted by Crippen LogP contribution is 2.78. The minimum atomic E-state index is -1.12. The fourth-order valence-corrected chi connectivity index (χ4v) is 15.6. The first-order valence-electron chi connectivity index (χ1n) is 21.3. The van der Waals surface area contributed by atoms with E-state index < -0.39 is 22.5 Å². The van der Waals surface area contributed by atoms with Gasteiger partial charge in [-0.25, -0.2) is 4.79 Å². The van der Waals surface area contributed by atoms with Crippen molar-refractivity contribution in [2.24, 2.45) is 56.7 Å². The van der Waals surface area contributed by atoms with Gasteiger partial charge in [-0.3, -0.25) is 4.79 Å². The molecule has 288 valence electrons. The van der Waals surface area contributed by atoms with Gasteiger partial charge < -0.3 is 24.8 Å². The van der Waals surface area contributed by atoms with Crippen LogP contribution in [0.15, 0.2) is 76.9 Å². The lowest BCUT2D eigenvalue weighted by Gasteiger charge is -2.71. The molecule has 3 N–H and O–H groups in total. The second-order valence-electron chi connectivity index (χ2n) is 20.5. The number of nitrogens with one attached hydrogen (secondary N) is 1.